The van der Waals surface area contributed by atoms with Crippen LogP contribution in [0.1, 0.15) is 96.2 Å². The van der Waals surface area contributed by atoms with Crippen molar-refractivity contribution < 1.29 is 8.42 Å². The Morgan fingerprint density at radius 3 is 1.94 bits per heavy atom. The van der Waals surface area contributed by atoms with Gasteiger partial charge in [-0.1, -0.05) is 89.6 Å². The lowest BCUT2D eigenvalue weighted by molar-refractivity contribution is 0.169. The van der Waals surface area contributed by atoms with Crippen LogP contribution in [0.4, 0.5) is 0 Å². The number of hydrogen-bond donors (Lipinski definition) is 0. The average molecular weight is 458 g/mol. The van der Waals surface area contributed by atoms with Crippen LogP contribution in [-0.2, 0) is 22.0 Å². The Morgan fingerprint density at radius 2 is 1.44 bits per heavy atom. The van der Waals surface area contributed by atoms with Crippen molar-refractivity contribution in [3.8, 4) is 0 Å². The summed E-state index contributed by atoms with van der Waals surface area (Å²) in [5.74, 6) is 0. The van der Waals surface area contributed by atoms with Gasteiger partial charge in [0.1, 0.15) is 4.90 Å². The minimum Gasteiger partial charge on any atom is -0.267 e. The summed E-state index contributed by atoms with van der Waals surface area (Å²) in [6, 6.07) is 10.4. The van der Waals surface area contributed by atoms with Crippen LogP contribution >= 0.6 is 0 Å². The monoisotopic (exact) mass is 457 g/mol. The molecule has 1 aromatic heterocycles. The zero-order valence-corrected chi connectivity index (χ0v) is 20.8. The molecule has 32 heavy (non-hydrogen) atoms. The Bertz CT molecular complexity index is 962. The van der Waals surface area contributed by atoms with E-state index in [-0.39, 0.29) is 17.5 Å². The predicted octanol–water partition coefficient (Wildman–Crippen LogP) is 5.89. The molecule has 2 aliphatic rings. The van der Waals surface area contributed by atoms with Gasteiger partial charge in [-0.3, -0.25) is 4.68 Å². The Balaban J connectivity index is 1.75. The van der Waals surface area contributed by atoms with Crippen molar-refractivity contribution in [1.82, 2.24) is 14.1 Å². The Labute approximate surface area is 194 Å². The van der Waals surface area contributed by atoms with Crippen LogP contribution in [0, 0.1) is 0 Å². The van der Waals surface area contributed by atoms with Gasteiger partial charge in [-0.05, 0) is 31.2 Å². The predicted molar refractivity (Wildman–Crippen MR) is 129 cm³/mol. The molecule has 0 amide bonds. The van der Waals surface area contributed by atoms with E-state index in [1.54, 1.807) is 6.20 Å². The molecular weight excluding hydrogens is 418 g/mol. The van der Waals surface area contributed by atoms with Crippen LogP contribution in [0.2, 0.25) is 0 Å². The van der Waals surface area contributed by atoms with E-state index in [1.165, 1.54) is 12.8 Å². The average Bonchev–Trinajstić information content (AvgIpc) is 3.21. The van der Waals surface area contributed by atoms with Crippen molar-refractivity contribution in [3.63, 3.8) is 0 Å². The third-order valence-electron chi connectivity index (χ3n) is 7.05. The largest absolute Gasteiger partial charge is 0.267 e. The third-order valence-corrected chi connectivity index (χ3v) is 9.06. The molecular formula is C26H39N3O2S. The number of nitrogens with zero attached hydrogens (tertiary/aromatic N) is 3. The van der Waals surface area contributed by atoms with Crippen LogP contribution in [0.5, 0.6) is 0 Å². The second-order valence-electron chi connectivity index (χ2n) is 10.7. The molecule has 2 fully saturated rings. The SMILES string of the molecule is CC(C)(C)c1nn(Cc2ccccc2)cc1S(=O)(=O)N(C1CCCCC1)C1CCCCC1. The molecule has 4 rings (SSSR count). The van der Waals surface area contributed by atoms with Crippen molar-refractivity contribution >= 4 is 10.0 Å². The van der Waals surface area contributed by atoms with Crippen LogP contribution in [0.3, 0.4) is 0 Å². The van der Waals surface area contributed by atoms with Gasteiger partial charge in [-0.25, -0.2) is 8.42 Å². The van der Waals surface area contributed by atoms with Crippen molar-refractivity contribution in [2.75, 3.05) is 0 Å². The number of benzene rings is 1. The van der Waals surface area contributed by atoms with Crippen molar-refractivity contribution in [3.05, 3.63) is 47.8 Å². The van der Waals surface area contributed by atoms with E-state index in [1.807, 2.05) is 27.2 Å². The molecule has 0 aliphatic heterocycles. The van der Waals surface area contributed by atoms with Gasteiger partial charge in [0.2, 0.25) is 10.0 Å². The van der Waals surface area contributed by atoms with E-state index in [4.69, 9.17) is 5.10 Å². The molecule has 176 valence electrons. The van der Waals surface area contributed by atoms with E-state index in [9.17, 15) is 8.42 Å². The number of sulfonamides is 1. The highest BCUT2D eigenvalue weighted by Crippen LogP contribution is 2.37. The molecule has 0 saturated heterocycles. The summed E-state index contributed by atoms with van der Waals surface area (Å²) in [6.45, 7) is 6.76. The second kappa shape index (κ2) is 9.68. The Morgan fingerprint density at radius 1 is 0.906 bits per heavy atom. The van der Waals surface area contributed by atoms with E-state index in [0.29, 0.717) is 17.1 Å². The van der Waals surface area contributed by atoms with E-state index in [2.05, 4.69) is 32.9 Å². The molecule has 0 radical (unpaired) electrons. The first-order valence-electron chi connectivity index (χ1n) is 12.4. The highest BCUT2D eigenvalue weighted by Gasteiger charge is 2.41. The Hall–Kier alpha value is -1.66. The molecule has 0 spiro atoms. The smallest absolute Gasteiger partial charge is 0.247 e. The second-order valence-corrected chi connectivity index (χ2v) is 12.5. The maximum Gasteiger partial charge on any atom is 0.247 e. The highest BCUT2D eigenvalue weighted by molar-refractivity contribution is 7.89. The summed E-state index contributed by atoms with van der Waals surface area (Å²) >= 11 is 0. The molecule has 6 heteroatoms. The lowest BCUT2D eigenvalue weighted by Gasteiger charge is -2.40. The first-order chi connectivity index (χ1) is 15.3. The lowest BCUT2D eigenvalue weighted by atomic mass is 9.91. The zero-order chi connectivity index (χ0) is 22.8. The summed E-state index contributed by atoms with van der Waals surface area (Å²) in [4.78, 5) is 0.414. The summed E-state index contributed by atoms with van der Waals surface area (Å²) < 4.78 is 32.4. The topological polar surface area (TPSA) is 55.2 Å². The van der Waals surface area contributed by atoms with Crippen LogP contribution in [-0.4, -0.2) is 34.6 Å². The quantitative estimate of drug-likeness (QED) is 0.544. The molecule has 5 nitrogen and oxygen atoms in total. The van der Waals surface area contributed by atoms with Gasteiger partial charge in [0.05, 0.1) is 12.2 Å². The molecule has 0 atom stereocenters. The number of aromatic nitrogens is 2. The van der Waals surface area contributed by atoms with Gasteiger partial charge in [-0.2, -0.15) is 9.40 Å². The molecule has 0 unspecified atom stereocenters. The maximum atomic E-state index is 14.3. The molecule has 0 bridgehead atoms. The van der Waals surface area contributed by atoms with Gasteiger partial charge < -0.3 is 0 Å². The van der Waals surface area contributed by atoms with Crippen LogP contribution in [0.15, 0.2) is 41.4 Å². The minimum atomic E-state index is -3.64. The first-order valence-corrected chi connectivity index (χ1v) is 13.9. The third kappa shape index (κ3) is 5.12. The van der Waals surface area contributed by atoms with Crippen molar-refractivity contribution in [1.29, 1.82) is 0 Å². The molecule has 2 aliphatic carbocycles. The normalized spacial score (nSPS) is 19.5. The maximum absolute atomic E-state index is 14.3. The fourth-order valence-corrected chi connectivity index (χ4v) is 7.72. The van der Waals surface area contributed by atoms with Gasteiger partial charge in [0.25, 0.3) is 0 Å². The molecule has 1 aromatic carbocycles. The number of hydrogen-bond acceptors (Lipinski definition) is 3. The van der Waals surface area contributed by atoms with E-state index < -0.39 is 10.0 Å². The molecule has 0 N–H and O–H groups in total. The van der Waals surface area contributed by atoms with Crippen molar-refractivity contribution in [2.45, 2.75) is 114 Å². The molecule has 2 saturated carbocycles. The van der Waals surface area contributed by atoms with Crippen molar-refractivity contribution in [2.24, 2.45) is 0 Å². The fourth-order valence-electron chi connectivity index (χ4n) is 5.44. The standard InChI is InChI=1S/C26H39N3O2S/c1-26(2,3)25-24(20-28(27-25)19-21-13-7-4-8-14-21)32(30,31)29(22-15-9-5-10-16-22)23-17-11-6-12-18-23/h4,7-8,13-14,20,22-23H,5-6,9-12,15-19H2,1-3H3. The highest BCUT2D eigenvalue weighted by atomic mass is 32.2. The lowest BCUT2D eigenvalue weighted by Crippen LogP contribution is -2.49. The van der Waals surface area contributed by atoms with Gasteiger partial charge in [-0.15, -0.1) is 0 Å². The van der Waals surface area contributed by atoms with E-state index >= 15 is 0 Å². The van der Waals surface area contributed by atoms with Crippen LogP contribution < -0.4 is 0 Å². The molecule has 1 heterocycles. The summed E-state index contributed by atoms with van der Waals surface area (Å²) in [5.41, 5.74) is 1.45. The summed E-state index contributed by atoms with van der Waals surface area (Å²) in [7, 11) is -3.64. The first kappa shape index (κ1) is 23.5. The van der Waals surface area contributed by atoms with Gasteiger partial charge in [0, 0.05) is 23.7 Å². The minimum absolute atomic E-state index is 0.127. The van der Waals surface area contributed by atoms with Gasteiger partial charge >= 0.3 is 0 Å². The van der Waals surface area contributed by atoms with E-state index in [0.717, 1.165) is 56.9 Å². The molecule has 2 aromatic rings. The summed E-state index contributed by atoms with van der Waals surface area (Å²) in [5, 5.41) is 4.83. The zero-order valence-electron chi connectivity index (χ0n) is 20.0. The summed E-state index contributed by atoms with van der Waals surface area (Å²) in [6.07, 6.45) is 12.7. The fraction of sp³-hybridized carbons (Fsp3) is 0.654. The van der Waals surface area contributed by atoms with Crippen LogP contribution in [0.25, 0.3) is 0 Å². The van der Waals surface area contributed by atoms with Gasteiger partial charge in [0.15, 0.2) is 0 Å². The Kier molecular flexibility index (Phi) is 7.11. The number of rotatable bonds is 6.